The standard InChI is InChI=1S/C25H36N4O6S3/c1-2-28-23-9-8-21(38(33,34)27-11-13-35-14-12-27)16-22(23)26-25(28)36-17-24(30)29(19-6-4-3-5-7-19)20-10-15-37(31,32)18-20/h8-9,16,19-20H,2-7,10-15,17-18H2,1H3/t20-/m1/s1. The highest BCUT2D eigenvalue weighted by Gasteiger charge is 2.38. The fraction of sp³-hybridized carbons (Fsp3) is 0.680. The molecule has 2 aliphatic heterocycles. The molecule has 1 saturated carbocycles. The molecular weight excluding hydrogens is 548 g/mol. The quantitative estimate of drug-likeness (QED) is 0.435. The van der Waals surface area contributed by atoms with Crippen LogP contribution in [0.5, 0.6) is 0 Å². The Balaban J connectivity index is 1.36. The largest absolute Gasteiger partial charge is 0.379 e. The van der Waals surface area contributed by atoms with E-state index in [4.69, 9.17) is 9.72 Å². The highest BCUT2D eigenvalue weighted by Crippen LogP contribution is 2.31. The summed E-state index contributed by atoms with van der Waals surface area (Å²) >= 11 is 1.33. The van der Waals surface area contributed by atoms with Gasteiger partial charge in [-0.05, 0) is 44.4 Å². The molecule has 0 bridgehead atoms. The number of carbonyl (C=O) groups is 1. The molecule has 0 N–H and O–H groups in total. The van der Waals surface area contributed by atoms with Gasteiger partial charge in [-0.25, -0.2) is 21.8 Å². The van der Waals surface area contributed by atoms with Gasteiger partial charge in [-0.1, -0.05) is 31.0 Å². The zero-order valence-corrected chi connectivity index (χ0v) is 24.2. The number of nitrogens with zero attached hydrogens (tertiary/aromatic N) is 4. The maximum Gasteiger partial charge on any atom is 0.243 e. The minimum atomic E-state index is -3.64. The van der Waals surface area contributed by atoms with Crippen LogP contribution >= 0.6 is 11.8 Å². The van der Waals surface area contributed by atoms with Gasteiger partial charge in [0, 0.05) is 31.7 Å². The number of hydrogen-bond donors (Lipinski definition) is 0. The van der Waals surface area contributed by atoms with E-state index in [1.165, 1.54) is 16.1 Å². The third kappa shape index (κ3) is 5.77. The number of fused-ring (bicyclic) bond motifs is 1. The molecule has 1 amide bonds. The van der Waals surface area contributed by atoms with E-state index in [0.29, 0.717) is 49.9 Å². The van der Waals surface area contributed by atoms with Gasteiger partial charge in [-0.2, -0.15) is 4.31 Å². The molecule has 0 radical (unpaired) electrons. The Hall–Kier alpha value is -1.67. The maximum atomic E-state index is 13.6. The molecule has 1 aliphatic carbocycles. The first-order chi connectivity index (χ1) is 18.2. The highest BCUT2D eigenvalue weighted by molar-refractivity contribution is 7.99. The summed E-state index contributed by atoms with van der Waals surface area (Å²) in [5.41, 5.74) is 1.39. The van der Waals surface area contributed by atoms with Crippen LogP contribution < -0.4 is 0 Å². The van der Waals surface area contributed by atoms with Crippen molar-refractivity contribution in [2.75, 3.05) is 43.6 Å². The fourth-order valence-corrected chi connectivity index (χ4v) is 9.95. The summed E-state index contributed by atoms with van der Waals surface area (Å²) in [7, 11) is -6.75. The summed E-state index contributed by atoms with van der Waals surface area (Å²) in [5, 5.41) is 0.652. The van der Waals surface area contributed by atoms with Gasteiger partial charge in [0.15, 0.2) is 15.0 Å². The van der Waals surface area contributed by atoms with Gasteiger partial charge >= 0.3 is 0 Å². The minimum Gasteiger partial charge on any atom is -0.379 e. The number of carbonyl (C=O) groups excluding carboxylic acids is 1. The van der Waals surface area contributed by atoms with Crippen LogP contribution in [0.1, 0.15) is 45.4 Å². The van der Waals surface area contributed by atoms with Crippen LogP contribution in [-0.2, 0) is 35.9 Å². The number of aryl methyl sites for hydroxylation is 1. The first kappa shape index (κ1) is 27.9. The Labute approximate surface area is 229 Å². The van der Waals surface area contributed by atoms with Gasteiger partial charge in [0.1, 0.15) is 0 Å². The number of sulfone groups is 1. The van der Waals surface area contributed by atoms with E-state index in [2.05, 4.69) is 0 Å². The molecule has 2 saturated heterocycles. The van der Waals surface area contributed by atoms with Crippen molar-refractivity contribution in [3.8, 4) is 0 Å². The molecule has 1 aromatic heterocycles. The number of aromatic nitrogens is 2. The molecule has 10 nitrogen and oxygen atoms in total. The van der Waals surface area contributed by atoms with Gasteiger partial charge in [-0.15, -0.1) is 0 Å². The summed E-state index contributed by atoms with van der Waals surface area (Å²) in [6.45, 7) is 4.02. The molecular formula is C25H36N4O6S3. The van der Waals surface area contributed by atoms with Gasteiger partial charge in [0.05, 0.1) is 46.4 Å². The molecule has 210 valence electrons. The Morgan fingerprint density at radius 2 is 1.87 bits per heavy atom. The second-order valence-electron chi connectivity index (χ2n) is 10.2. The van der Waals surface area contributed by atoms with Crippen molar-refractivity contribution in [2.24, 2.45) is 0 Å². The number of sulfonamides is 1. The molecule has 3 fully saturated rings. The van der Waals surface area contributed by atoms with Crippen molar-refractivity contribution < 1.29 is 26.4 Å². The second-order valence-corrected chi connectivity index (χ2v) is 15.4. The summed E-state index contributed by atoms with van der Waals surface area (Å²) in [5.74, 6) is 0.306. The van der Waals surface area contributed by atoms with Crippen molar-refractivity contribution in [1.82, 2.24) is 18.8 Å². The predicted octanol–water partition coefficient (Wildman–Crippen LogP) is 2.52. The lowest BCUT2D eigenvalue weighted by atomic mass is 9.93. The SMILES string of the molecule is CCn1c(SCC(=O)N(C2CCCCC2)[C@@H]2CCS(=O)(=O)C2)nc2cc(S(=O)(=O)N3CCOCC3)ccc21. The number of ether oxygens (including phenoxy) is 1. The van der Waals surface area contributed by atoms with Crippen LogP contribution in [0.2, 0.25) is 0 Å². The monoisotopic (exact) mass is 584 g/mol. The van der Waals surface area contributed by atoms with Crippen molar-refractivity contribution in [3.05, 3.63) is 18.2 Å². The van der Waals surface area contributed by atoms with E-state index in [0.717, 1.165) is 37.6 Å². The Bertz CT molecular complexity index is 1380. The van der Waals surface area contributed by atoms with E-state index in [9.17, 15) is 21.6 Å². The topological polar surface area (TPSA) is 119 Å². The van der Waals surface area contributed by atoms with Gasteiger partial charge < -0.3 is 14.2 Å². The van der Waals surface area contributed by atoms with Crippen LogP contribution in [0.25, 0.3) is 11.0 Å². The number of imidazole rings is 1. The molecule has 2 aromatic rings. The highest BCUT2D eigenvalue weighted by atomic mass is 32.2. The number of hydrogen-bond acceptors (Lipinski definition) is 8. The molecule has 3 heterocycles. The summed E-state index contributed by atoms with van der Waals surface area (Å²) < 4.78 is 59.4. The van der Waals surface area contributed by atoms with Crippen molar-refractivity contribution in [1.29, 1.82) is 0 Å². The number of rotatable bonds is 8. The summed E-state index contributed by atoms with van der Waals surface area (Å²) in [4.78, 5) is 20.4. The maximum absolute atomic E-state index is 13.6. The molecule has 1 aromatic carbocycles. The van der Waals surface area contributed by atoms with Gasteiger partial charge in [-0.3, -0.25) is 4.79 Å². The third-order valence-corrected chi connectivity index (χ3v) is 12.4. The molecule has 13 heteroatoms. The zero-order chi connectivity index (χ0) is 26.9. The fourth-order valence-electron chi connectivity index (χ4n) is 5.86. The number of thioether (sulfide) groups is 1. The average Bonchev–Trinajstić information content (AvgIpc) is 3.46. The van der Waals surface area contributed by atoms with Gasteiger partial charge in [0.25, 0.3) is 0 Å². The molecule has 5 rings (SSSR count). The minimum absolute atomic E-state index is 0.0470. The summed E-state index contributed by atoms with van der Waals surface area (Å²) in [6.07, 6.45) is 5.61. The second kappa shape index (κ2) is 11.4. The predicted molar refractivity (Wildman–Crippen MR) is 146 cm³/mol. The lowest BCUT2D eigenvalue weighted by molar-refractivity contribution is -0.133. The molecule has 1 atom stereocenters. The average molecular weight is 585 g/mol. The number of benzene rings is 1. The van der Waals surface area contributed by atoms with Gasteiger partial charge in [0.2, 0.25) is 15.9 Å². The number of morpholine rings is 1. The third-order valence-electron chi connectivity index (χ3n) is 7.79. The lowest BCUT2D eigenvalue weighted by Crippen LogP contribution is -2.49. The van der Waals surface area contributed by atoms with Crippen molar-refractivity contribution >= 4 is 48.6 Å². The van der Waals surface area contributed by atoms with Crippen LogP contribution in [-0.4, -0.2) is 97.1 Å². The lowest BCUT2D eigenvalue weighted by Gasteiger charge is -2.38. The Kier molecular flexibility index (Phi) is 8.39. The van der Waals surface area contributed by atoms with Crippen LogP contribution in [0, 0.1) is 0 Å². The van der Waals surface area contributed by atoms with E-state index < -0.39 is 19.9 Å². The van der Waals surface area contributed by atoms with Crippen molar-refractivity contribution in [3.63, 3.8) is 0 Å². The van der Waals surface area contributed by atoms with E-state index in [1.807, 2.05) is 16.4 Å². The number of amides is 1. The zero-order valence-electron chi connectivity index (χ0n) is 21.7. The van der Waals surface area contributed by atoms with E-state index in [-0.39, 0.29) is 40.1 Å². The molecule has 0 spiro atoms. The van der Waals surface area contributed by atoms with Crippen molar-refractivity contribution in [2.45, 2.75) is 74.1 Å². The first-order valence-electron chi connectivity index (χ1n) is 13.4. The van der Waals surface area contributed by atoms with Crippen LogP contribution in [0.15, 0.2) is 28.3 Å². The van der Waals surface area contributed by atoms with Crippen LogP contribution in [0.3, 0.4) is 0 Å². The molecule has 3 aliphatic rings. The molecule has 0 unspecified atom stereocenters. The molecule has 38 heavy (non-hydrogen) atoms. The first-order valence-corrected chi connectivity index (χ1v) is 17.7. The van der Waals surface area contributed by atoms with E-state index >= 15 is 0 Å². The Morgan fingerprint density at radius 1 is 1.13 bits per heavy atom. The Morgan fingerprint density at radius 3 is 2.53 bits per heavy atom. The summed E-state index contributed by atoms with van der Waals surface area (Å²) in [6, 6.07) is 4.84. The van der Waals surface area contributed by atoms with E-state index in [1.54, 1.807) is 18.2 Å². The normalized spacial score (nSPS) is 23.1. The smallest absolute Gasteiger partial charge is 0.243 e. The van der Waals surface area contributed by atoms with Crippen LogP contribution in [0.4, 0.5) is 0 Å².